The normalized spacial score (nSPS) is 21.3. The van der Waals surface area contributed by atoms with Crippen LogP contribution in [0.2, 0.25) is 0 Å². The Labute approximate surface area is 175 Å². The molecule has 162 valence electrons. The van der Waals surface area contributed by atoms with Crippen LogP contribution in [0, 0.1) is 5.41 Å². The molecule has 2 heterocycles. The first-order valence-corrected chi connectivity index (χ1v) is 11.5. The summed E-state index contributed by atoms with van der Waals surface area (Å²) in [5.41, 5.74) is 4.61. The molecule has 1 aliphatic heterocycles. The number of pyridine rings is 1. The van der Waals surface area contributed by atoms with Crippen LogP contribution in [0.3, 0.4) is 0 Å². The summed E-state index contributed by atoms with van der Waals surface area (Å²) in [6.45, 7) is 5.34. The molecule has 4 rings (SSSR count). The maximum absolute atomic E-state index is 13.5. The number of rotatable bonds is 4. The van der Waals surface area contributed by atoms with Gasteiger partial charge in [-0.25, -0.2) is 8.42 Å². The molecule has 9 heteroatoms. The fourth-order valence-electron chi connectivity index (χ4n) is 4.12. The number of aromatic nitrogens is 1. The number of carbonyl (C=O) groups is 1. The minimum atomic E-state index is -3.80. The van der Waals surface area contributed by atoms with Crippen molar-refractivity contribution >= 4 is 26.8 Å². The van der Waals surface area contributed by atoms with Gasteiger partial charge in [0, 0.05) is 29.6 Å². The van der Waals surface area contributed by atoms with Crippen molar-refractivity contribution in [2.24, 2.45) is 11.1 Å². The van der Waals surface area contributed by atoms with Crippen molar-refractivity contribution in [3.63, 3.8) is 0 Å². The fraction of sp³-hybridized carbons (Fsp3) is 0.524. The van der Waals surface area contributed by atoms with Crippen molar-refractivity contribution in [2.45, 2.75) is 63.2 Å². The molecule has 8 nitrogen and oxygen atoms in total. The molecular weight excluding hydrogens is 406 g/mol. The maximum atomic E-state index is 13.5. The van der Waals surface area contributed by atoms with Gasteiger partial charge in [0.25, 0.3) is 5.56 Å². The zero-order chi connectivity index (χ0) is 21.9. The van der Waals surface area contributed by atoms with Crippen molar-refractivity contribution in [3.05, 3.63) is 40.8 Å². The van der Waals surface area contributed by atoms with E-state index in [-0.39, 0.29) is 23.1 Å². The molecule has 2 fully saturated rings. The molecule has 2 N–H and O–H groups in total. The summed E-state index contributed by atoms with van der Waals surface area (Å²) >= 11 is 0. The Kier molecular flexibility index (Phi) is 4.83. The zero-order valence-electron chi connectivity index (χ0n) is 17.4. The van der Waals surface area contributed by atoms with Crippen LogP contribution in [0.15, 0.2) is 40.2 Å². The van der Waals surface area contributed by atoms with Crippen LogP contribution in [0.1, 0.15) is 40.0 Å². The van der Waals surface area contributed by atoms with Crippen molar-refractivity contribution in [1.82, 2.24) is 8.87 Å². The van der Waals surface area contributed by atoms with Gasteiger partial charge in [0.2, 0.25) is 10.0 Å². The summed E-state index contributed by atoms with van der Waals surface area (Å²) in [7, 11) is -3.80. The topological polar surface area (TPSA) is 112 Å². The summed E-state index contributed by atoms with van der Waals surface area (Å²) in [5.74, 6) is -0.425. The van der Waals surface area contributed by atoms with Crippen molar-refractivity contribution < 1.29 is 17.9 Å². The highest BCUT2D eigenvalue weighted by Crippen LogP contribution is 2.51. The van der Waals surface area contributed by atoms with E-state index < -0.39 is 32.5 Å². The highest BCUT2D eigenvalue weighted by Gasteiger charge is 2.60. The molecule has 2 aromatic rings. The number of sulfonamides is 1. The summed E-state index contributed by atoms with van der Waals surface area (Å²) in [4.78, 5) is 25.0. The van der Waals surface area contributed by atoms with Crippen molar-refractivity contribution in [2.75, 3.05) is 6.54 Å². The number of nitrogens with zero attached hydrogens (tertiary/aromatic N) is 2. The number of fused-ring (bicyclic) bond motifs is 1. The van der Waals surface area contributed by atoms with Gasteiger partial charge in [0.1, 0.15) is 0 Å². The summed E-state index contributed by atoms with van der Waals surface area (Å²) < 4.78 is 34.9. The molecule has 1 spiro atoms. The Bertz CT molecular complexity index is 1180. The van der Waals surface area contributed by atoms with Gasteiger partial charge >= 0.3 is 5.97 Å². The average Bonchev–Trinajstić information content (AvgIpc) is 3.40. The number of hydrogen-bond acceptors (Lipinski definition) is 6. The van der Waals surface area contributed by atoms with E-state index >= 15 is 0 Å². The van der Waals surface area contributed by atoms with Crippen molar-refractivity contribution in [1.29, 1.82) is 0 Å². The first-order chi connectivity index (χ1) is 14.0. The van der Waals surface area contributed by atoms with Gasteiger partial charge in [-0.1, -0.05) is 6.07 Å². The molecule has 1 unspecified atom stereocenters. The summed E-state index contributed by atoms with van der Waals surface area (Å²) in [5, 5.41) is 0.621. The van der Waals surface area contributed by atoms with Crippen LogP contribution in [0.5, 0.6) is 0 Å². The minimum absolute atomic E-state index is 0.108. The number of hydrogen-bond donors (Lipinski definition) is 1. The lowest BCUT2D eigenvalue weighted by atomic mass is 9.98. The van der Waals surface area contributed by atoms with Crippen LogP contribution in [0.25, 0.3) is 10.8 Å². The molecule has 1 aliphatic carbocycles. The second-order valence-electron chi connectivity index (χ2n) is 9.19. The first kappa shape index (κ1) is 21.0. The average molecular weight is 434 g/mol. The predicted molar refractivity (Wildman–Crippen MR) is 112 cm³/mol. The van der Waals surface area contributed by atoms with Crippen LogP contribution >= 0.6 is 0 Å². The Balaban J connectivity index is 1.71. The standard InChI is InChI=1S/C21H27N3O5S/c1-20(2,3)19(26)29-13-23-11-7-14-15(18(23)25)5-4-6-16(14)30(27,28)24-12-8-17(22)21(24)9-10-21/h4-7,11,17H,8-10,12-13,22H2,1-3H3. The molecule has 0 radical (unpaired) electrons. The Morgan fingerprint density at radius 2 is 1.93 bits per heavy atom. The third kappa shape index (κ3) is 3.25. The Hall–Kier alpha value is -2.23. The van der Waals surface area contributed by atoms with E-state index in [2.05, 4.69) is 0 Å². The highest BCUT2D eigenvalue weighted by molar-refractivity contribution is 7.89. The van der Waals surface area contributed by atoms with Gasteiger partial charge in [-0.3, -0.25) is 14.2 Å². The largest absolute Gasteiger partial charge is 0.443 e. The van der Waals surface area contributed by atoms with E-state index in [0.29, 0.717) is 18.4 Å². The van der Waals surface area contributed by atoms with E-state index in [0.717, 1.165) is 12.8 Å². The predicted octanol–water partition coefficient (Wildman–Crippen LogP) is 1.80. The Morgan fingerprint density at radius 1 is 1.23 bits per heavy atom. The molecule has 30 heavy (non-hydrogen) atoms. The third-order valence-electron chi connectivity index (χ3n) is 6.09. The summed E-state index contributed by atoms with van der Waals surface area (Å²) in [6.07, 6.45) is 3.63. The van der Waals surface area contributed by atoms with Crippen LogP contribution in [0.4, 0.5) is 0 Å². The number of benzene rings is 1. The van der Waals surface area contributed by atoms with Crippen LogP contribution in [-0.4, -0.2) is 41.4 Å². The van der Waals surface area contributed by atoms with Gasteiger partial charge in [0.05, 0.1) is 15.8 Å². The lowest BCUT2D eigenvalue weighted by molar-refractivity contribution is -0.157. The second-order valence-corrected chi connectivity index (χ2v) is 11.0. The lowest BCUT2D eigenvalue weighted by Gasteiger charge is -2.26. The molecule has 1 saturated carbocycles. The van der Waals surface area contributed by atoms with E-state index in [1.54, 1.807) is 39.0 Å². The van der Waals surface area contributed by atoms with Gasteiger partial charge in [0.15, 0.2) is 6.73 Å². The quantitative estimate of drug-likeness (QED) is 0.736. The third-order valence-corrected chi connectivity index (χ3v) is 8.12. The number of carbonyl (C=O) groups excluding carboxylic acids is 1. The number of ether oxygens (including phenoxy) is 1. The molecule has 1 aromatic heterocycles. The lowest BCUT2D eigenvalue weighted by Crippen LogP contribution is -2.44. The van der Waals surface area contributed by atoms with E-state index in [9.17, 15) is 18.0 Å². The highest BCUT2D eigenvalue weighted by atomic mass is 32.2. The van der Waals surface area contributed by atoms with Gasteiger partial charge < -0.3 is 10.5 Å². The van der Waals surface area contributed by atoms with E-state index in [1.807, 2.05) is 0 Å². The number of nitrogens with two attached hydrogens (primary N) is 1. The second kappa shape index (κ2) is 6.90. The van der Waals surface area contributed by atoms with E-state index in [1.165, 1.54) is 21.1 Å². The molecule has 2 aliphatic rings. The van der Waals surface area contributed by atoms with Gasteiger partial charge in [-0.05, 0) is 58.2 Å². The fourth-order valence-corrected chi connectivity index (χ4v) is 6.21. The Morgan fingerprint density at radius 3 is 2.57 bits per heavy atom. The minimum Gasteiger partial charge on any atom is -0.443 e. The molecule has 1 atom stereocenters. The smallest absolute Gasteiger partial charge is 0.312 e. The first-order valence-electron chi connectivity index (χ1n) is 10.1. The zero-order valence-corrected chi connectivity index (χ0v) is 18.2. The number of esters is 1. The molecule has 0 bridgehead atoms. The maximum Gasteiger partial charge on any atom is 0.312 e. The van der Waals surface area contributed by atoms with Gasteiger partial charge in [-0.2, -0.15) is 4.31 Å². The van der Waals surface area contributed by atoms with Crippen LogP contribution < -0.4 is 11.3 Å². The SMILES string of the molecule is CC(C)(C)C(=O)OCn1ccc2c(S(=O)(=O)N3CCC(N)C34CC4)cccc2c1=O. The summed E-state index contributed by atoms with van der Waals surface area (Å²) in [6, 6.07) is 6.11. The van der Waals surface area contributed by atoms with Crippen LogP contribution in [-0.2, 0) is 26.3 Å². The molecule has 1 aromatic carbocycles. The molecule has 1 saturated heterocycles. The monoisotopic (exact) mass is 433 g/mol. The van der Waals surface area contributed by atoms with Gasteiger partial charge in [-0.15, -0.1) is 0 Å². The molecular formula is C21H27N3O5S. The van der Waals surface area contributed by atoms with E-state index in [4.69, 9.17) is 10.5 Å². The van der Waals surface area contributed by atoms with Crippen molar-refractivity contribution in [3.8, 4) is 0 Å². The molecule has 0 amide bonds.